The molecule has 4 rings (SSSR count). The predicted octanol–water partition coefficient (Wildman–Crippen LogP) is 4.48. The number of carbonyl (C=O) groups excluding carboxylic acids is 2. The number of amides is 2. The smallest absolute Gasteiger partial charge is 0.242 e. The third-order valence-corrected chi connectivity index (χ3v) is 5.86. The van der Waals surface area contributed by atoms with E-state index in [9.17, 15) is 14.0 Å². The van der Waals surface area contributed by atoms with Crippen LogP contribution >= 0.6 is 11.6 Å². The maximum atomic E-state index is 13.4. The highest BCUT2D eigenvalue weighted by Gasteiger charge is 2.26. The number of hydrogen-bond donors (Lipinski definition) is 1. The average molecular weight is 483 g/mol. The van der Waals surface area contributed by atoms with Crippen LogP contribution in [-0.4, -0.2) is 29.5 Å². The van der Waals surface area contributed by atoms with Gasteiger partial charge in [-0.3, -0.25) is 9.59 Å². The molecule has 0 aromatic heterocycles. The second-order valence-corrected chi connectivity index (χ2v) is 8.47. The number of ether oxygens (including phenoxy) is 2. The lowest BCUT2D eigenvalue weighted by molar-refractivity contribution is -0.140. The Morgan fingerprint density at radius 1 is 0.971 bits per heavy atom. The maximum Gasteiger partial charge on any atom is 0.242 e. The van der Waals surface area contributed by atoms with Crippen LogP contribution < -0.4 is 14.8 Å². The second-order valence-electron chi connectivity index (χ2n) is 8.03. The molecule has 3 aromatic carbocycles. The Morgan fingerprint density at radius 2 is 1.62 bits per heavy atom. The lowest BCUT2D eigenvalue weighted by atomic mass is 10.1. The van der Waals surface area contributed by atoms with Crippen LogP contribution in [0.25, 0.3) is 0 Å². The van der Waals surface area contributed by atoms with E-state index in [2.05, 4.69) is 5.32 Å². The fourth-order valence-corrected chi connectivity index (χ4v) is 3.76. The van der Waals surface area contributed by atoms with Gasteiger partial charge < -0.3 is 19.7 Å². The summed E-state index contributed by atoms with van der Waals surface area (Å²) >= 11 is 5.95. The molecule has 1 heterocycles. The summed E-state index contributed by atoms with van der Waals surface area (Å²) in [6, 6.07) is 17.6. The van der Waals surface area contributed by atoms with Gasteiger partial charge in [-0.1, -0.05) is 41.9 Å². The van der Waals surface area contributed by atoms with Crippen LogP contribution in [0.4, 0.5) is 4.39 Å². The zero-order valence-electron chi connectivity index (χ0n) is 18.6. The number of nitrogens with one attached hydrogen (secondary N) is 1. The van der Waals surface area contributed by atoms with Crippen LogP contribution in [0, 0.1) is 5.82 Å². The zero-order valence-corrected chi connectivity index (χ0v) is 19.3. The molecule has 1 N–H and O–H groups in total. The number of benzene rings is 3. The third kappa shape index (κ3) is 5.85. The summed E-state index contributed by atoms with van der Waals surface area (Å²) in [5.41, 5.74) is 2.36. The first kappa shape index (κ1) is 23.6. The van der Waals surface area contributed by atoms with Gasteiger partial charge in [0.2, 0.25) is 18.6 Å². The lowest BCUT2D eigenvalue weighted by Crippen LogP contribution is -2.48. The van der Waals surface area contributed by atoms with Crippen molar-refractivity contribution in [2.45, 2.75) is 32.5 Å². The van der Waals surface area contributed by atoms with Gasteiger partial charge in [0.25, 0.3) is 0 Å². The van der Waals surface area contributed by atoms with Crippen molar-refractivity contribution in [2.24, 2.45) is 0 Å². The van der Waals surface area contributed by atoms with E-state index in [-0.39, 0.29) is 43.9 Å². The highest BCUT2D eigenvalue weighted by Crippen LogP contribution is 2.32. The molecule has 1 aliphatic heterocycles. The molecule has 0 fully saturated rings. The standard InChI is InChI=1S/C26H24ClFN2O4/c1-17(26(32)29-14-20-6-11-23-24(12-20)34-16-33-23)30(15-19-4-9-22(28)10-5-19)25(31)13-18-2-7-21(27)8-3-18/h2-12,17H,13-16H2,1H3,(H,29,32)/t17-/m0/s1. The third-order valence-electron chi connectivity index (χ3n) is 5.61. The van der Waals surface area contributed by atoms with E-state index in [0.29, 0.717) is 16.5 Å². The van der Waals surface area contributed by atoms with Crippen molar-refractivity contribution in [2.75, 3.05) is 6.79 Å². The van der Waals surface area contributed by atoms with Gasteiger partial charge in [-0.15, -0.1) is 0 Å². The normalized spacial score (nSPS) is 12.8. The van der Waals surface area contributed by atoms with E-state index in [1.165, 1.54) is 17.0 Å². The van der Waals surface area contributed by atoms with Gasteiger partial charge in [-0.25, -0.2) is 4.39 Å². The van der Waals surface area contributed by atoms with Gasteiger partial charge >= 0.3 is 0 Å². The van der Waals surface area contributed by atoms with Gasteiger partial charge in [0, 0.05) is 18.1 Å². The second kappa shape index (κ2) is 10.6. The first-order valence-corrected chi connectivity index (χ1v) is 11.2. The molecule has 0 radical (unpaired) electrons. The minimum Gasteiger partial charge on any atom is -0.454 e. The molecular weight excluding hydrogens is 459 g/mol. The zero-order chi connectivity index (χ0) is 24.1. The Bertz CT molecular complexity index is 1170. The van der Waals surface area contributed by atoms with Crippen molar-refractivity contribution < 1.29 is 23.5 Å². The Hall–Kier alpha value is -3.58. The minimum atomic E-state index is -0.751. The Morgan fingerprint density at radius 3 is 2.35 bits per heavy atom. The van der Waals surface area contributed by atoms with Crippen molar-refractivity contribution in [3.05, 3.63) is 94.3 Å². The molecule has 0 spiro atoms. The lowest BCUT2D eigenvalue weighted by Gasteiger charge is -2.29. The topological polar surface area (TPSA) is 67.9 Å². The summed E-state index contributed by atoms with van der Waals surface area (Å²) in [7, 11) is 0. The van der Waals surface area contributed by atoms with Crippen molar-refractivity contribution in [3.63, 3.8) is 0 Å². The highest BCUT2D eigenvalue weighted by atomic mass is 35.5. The van der Waals surface area contributed by atoms with Crippen molar-refractivity contribution in [1.29, 1.82) is 0 Å². The van der Waals surface area contributed by atoms with Crippen molar-refractivity contribution in [3.8, 4) is 11.5 Å². The molecule has 0 aliphatic carbocycles. The Labute approximate surface area is 202 Å². The first-order chi connectivity index (χ1) is 16.4. The molecular formula is C26H24ClFN2O4. The minimum absolute atomic E-state index is 0.109. The number of hydrogen-bond acceptors (Lipinski definition) is 4. The van der Waals surface area contributed by atoms with E-state index in [1.54, 1.807) is 49.4 Å². The van der Waals surface area contributed by atoms with Crippen LogP contribution in [0.3, 0.4) is 0 Å². The van der Waals surface area contributed by atoms with Crippen molar-refractivity contribution in [1.82, 2.24) is 10.2 Å². The molecule has 176 valence electrons. The Kier molecular flexibility index (Phi) is 7.33. The number of rotatable bonds is 8. The molecule has 0 unspecified atom stereocenters. The van der Waals surface area contributed by atoms with E-state index in [1.807, 2.05) is 12.1 Å². The van der Waals surface area contributed by atoms with E-state index in [4.69, 9.17) is 21.1 Å². The molecule has 0 saturated carbocycles. The van der Waals surface area contributed by atoms with E-state index >= 15 is 0 Å². The highest BCUT2D eigenvalue weighted by molar-refractivity contribution is 6.30. The van der Waals surface area contributed by atoms with Crippen LogP contribution in [0.5, 0.6) is 11.5 Å². The Balaban J connectivity index is 1.46. The van der Waals surface area contributed by atoms with Gasteiger partial charge in [0.05, 0.1) is 6.42 Å². The monoisotopic (exact) mass is 482 g/mol. The summed E-state index contributed by atoms with van der Waals surface area (Å²) in [6.45, 7) is 2.30. The summed E-state index contributed by atoms with van der Waals surface area (Å²) in [6.07, 6.45) is 0.109. The molecule has 2 amide bonds. The van der Waals surface area contributed by atoms with Crippen molar-refractivity contribution >= 4 is 23.4 Å². The number of halogens is 2. The summed E-state index contributed by atoms with van der Waals surface area (Å²) in [5, 5.41) is 3.46. The van der Waals surface area contributed by atoms with Crippen LogP contribution in [0.2, 0.25) is 5.02 Å². The van der Waals surface area contributed by atoms with Gasteiger partial charge in [0.1, 0.15) is 11.9 Å². The van der Waals surface area contributed by atoms with Crippen LogP contribution in [0.1, 0.15) is 23.6 Å². The number of nitrogens with zero attached hydrogens (tertiary/aromatic N) is 1. The first-order valence-electron chi connectivity index (χ1n) is 10.8. The fourth-order valence-electron chi connectivity index (χ4n) is 3.64. The molecule has 8 heteroatoms. The van der Waals surface area contributed by atoms with Gasteiger partial charge in [-0.05, 0) is 60.0 Å². The molecule has 1 aliphatic rings. The van der Waals surface area contributed by atoms with Crippen LogP contribution in [0.15, 0.2) is 66.7 Å². The molecule has 6 nitrogen and oxygen atoms in total. The number of carbonyl (C=O) groups is 2. The number of fused-ring (bicyclic) bond motifs is 1. The largest absolute Gasteiger partial charge is 0.454 e. The van der Waals surface area contributed by atoms with Gasteiger partial charge in [0.15, 0.2) is 11.5 Å². The molecule has 0 saturated heterocycles. The van der Waals surface area contributed by atoms with E-state index < -0.39 is 6.04 Å². The molecule has 0 bridgehead atoms. The summed E-state index contributed by atoms with van der Waals surface area (Å²) in [5.74, 6) is 0.413. The fraction of sp³-hybridized carbons (Fsp3) is 0.231. The van der Waals surface area contributed by atoms with Crippen LogP contribution in [-0.2, 0) is 29.1 Å². The molecule has 1 atom stereocenters. The quantitative estimate of drug-likeness (QED) is 0.514. The molecule has 34 heavy (non-hydrogen) atoms. The molecule has 3 aromatic rings. The predicted molar refractivity (Wildman–Crippen MR) is 126 cm³/mol. The summed E-state index contributed by atoms with van der Waals surface area (Å²) in [4.78, 5) is 27.7. The average Bonchev–Trinajstić information content (AvgIpc) is 3.31. The maximum absolute atomic E-state index is 13.4. The summed E-state index contributed by atoms with van der Waals surface area (Å²) < 4.78 is 24.1. The van der Waals surface area contributed by atoms with Gasteiger partial charge in [-0.2, -0.15) is 0 Å². The van der Waals surface area contributed by atoms with E-state index in [0.717, 1.165) is 16.7 Å². The SMILES string of the molecule is C[C@@H](C(=O)NCc1ccc2c(c1)OCO2)N(Cc1ccc(F)cc1)C(=O)Cc1ccc(Cl)cc1.